The molecule has 0 N–H and O–H groups in total. The Hall–Kier alpha value is -1.95. The number of alkyl halides is 1. The Kier molecular flexibility index (Phi) is 4.11. The number of aryl methyl sites for hydroxylation is 2. The molecule has 2 aromatic rings. The van der Waals surface area contributed by atoms with Crippen molar-refractivity contribution in [3.8, 4) is 11.5 Å². The summed E-state index contributed by atoms with van der Waals surface area (Å²) in [5.41, 5.74) is 1.33. The van der Waals surface area contributed by atoms with Crippen LogP contribution < -0.4 is 0 Å². The summed E-state index contributed by atoms with van der Waals surface area (Å²) in [5, 5.41) is 18.6. The summed E-state index contributed by atoms with van der Waals surface area (Å²) in [5.74, 6) is 1.30. The number of non-ortho nitro benzene ring substituents is 1. The smallest absolute Gasteiger partial charge is 0.270 e. The van der Waals surface area contributed by atoms with Crippen LogP contribution in [0.2, 0.25) is 0 Å². The Balaban J connectivity index is 2.30. The fourth-order valence-corrected chi connectivity index (χ4v) is 1.81. The maximum atomic E-state index is 10.8. The van der Waals surface area contributed by atoms with E-state index in [-0.39, 0.29) is 11.6 Å². The zero-order valence-corrected chi connectivity index (χ0v) is 11.1. The lowest BCUT2D eigenvalue weighted by Crippen LogP contribution is -1.90. The number of nitro groups is 1. The first kappa shape index (κ1) is 13.5. The molecule has 0 radical (unpaired) electrons. The number of rotatable bonds is 5. The number of nitrogens with zero attached hydrogens (tertiary/aromatic N) is 3. The fourth-order valence-electron chi connectivity index (χ4n) is 1.68. The van der Waals surface area contributed by atoms with Crippen molar-refractivity contribution >= 4 is 17.3 Å². The van der Waals surface area contributed by atoms with Crippen LogP contribution in [0.3, 0.4) is 0 Å². The van der Waals surface area contributed by atoms with Gasteiger partial charge in [-0.1, -0.05) is 0 Å². The van der Waals surface area contributed by atoms with E-state index >= 15 is 0 Å². The van der Waals surface area contributed by atoms with Crippen molar-refractivity contribution in [2.45, 2.75) is 19.8 Å². The minimum atomic E-state index is -0.443. The standard InChI is InChI=1S/C12H12ClN3O3/c1-8-5-9(7-10(6-8)16(17)18)12-15-14-11(19-12)3-2-4-13/h5-7H,2-4H2,1H3. The van der Waals surface area contributed by atoms with Crippen molar-refractivity contribution in [3.05, 3.63) is 39.8 Å². The molecule has 19 heavy (non-hydrogen) atoms. The maximum Gasteiger partial charge on any atom is 0.270 e. The Bertz CT molecular complexity index is 598. The van der Waals surface area contributed by atoms with Crippen LogP contribution in [0.4, 0.5) is 5.69 Å². The largest absolute Gasteiger partial charge is 0.421 e. The molecule has 1 heterocycles. The number of benzene rings is 1. The molecule has 0 unspecified atom stereocenters. The third kappa shape index (κ3) is 3.29. The molecule has 0 aliphatic heterocycles. The number of hydrogen-bond acceptors (Lipinski definition) is 5. The average Bonchev–Trinajstić information content (AvgIpc) is 2.84. The second-order valence-electron chi connectivity index (χ2n) is 4.11. The third-order valence-electron chi connectivity index (χ3n) is 2.51. The number of hydrogen-bond donors (Lipinski definition) is 0. The van der Waals surface area contributed by atoms with Crippen LogP contribution in [0.25, 0.3) is 11.5 Å². The Labute approximate surface area is 114 Å². The molecule has 1 aromatic heterocycles. The highest BCUT2D eigenvalue weighted by atomic mass is 35.5. The number of nitro benzene ring substituents is 1. The van der Waals surface area contributed by atoms with Crippen LogP contribution >= 0.6 is 11.6 Å². The van der Waals surface area contributed by atoms with Gasteiger partial charge in [-0.2, -0.15) is 0 Å². The van der Waals surface area contributed by atoms with Gasteiger partial charge in [-0.05, 0) is 25.0 Å². The lowest BCUT2D eigenvalue weighted by molar-refractivity contribution is -0.384. The molecule has 7 heteroatoms. The van der Waals surface area contributed by atoms with E-state index in [1.54, 1.807) is 13.0 Å². The van der Waals surface area contributed by atoms with Gasteiger partial charge in [-0.3, -0.25) is 10.1 Å². The van der Waals surface area contributed by atoms with Crippen molar-refractivity contribution in [2.75, 3.05) is 5.88 Å². The molecule has 6 nitrogen and oxygen atoms in total. The van der Waals surface area contributed by atoms with Gasteiger partial charge in [0.05, 0.1) is 4.92 Å². The third-order valence-corrected chi connectivity index (χ3v) is 2.78. The van der Waals surface area contributed by atoms with Gasteiger partial charge < -0.3 is 4.42 Å². The molecule has 100 valence electrons. The molecule has 0 aliphatic carbocycles. The molecule has 0 saturated carbocycles. The minimum Gasteiger partial charge on any atom is -0.421 e. The van der Waals surface area contributed by atoms with Crippen molar-refractivity contribution in [3.63, 3.8) is 0 Å². The molecular formula is C12H12ClN3O3. The highest BCUT2D eigenvalue weighted by Crippen LogP contribution is 2.25. The van der Waals surface area contributed by atoms with E-state index in [1.165, 1.54) is 12.1 Å². The molecule has 2 rings (SSSR count). The van der Waals surface area contributed by atoms with Crippen molar-refractivity contribution in [1.82, 2.24) is 10.2 Å². The predicted molar refractivity (Wildman–Crippen MR) is 70.2 cm³/mol. The zero-order valence-electron chi connectivity index (χ0n) is 10.3. The fraction of sp³-hybridized carbons (Fsp3) is 0.333. The van der Waals surface area contributed by atoms with Gasteiger partial charge in [-0.15, -0.1) is 21.8 Å². The van der Waals surface area contributed by atoms with Crippen LogP contribution in [-0.2, 0) is 6.42 Å². The topological polar surface area (TPSA) is 82.1 Å². The van der Waals surface area contributed by atoms with Crippen LogP contribution in [0.15, 0.2) is 22.6 Å². The monoisotopic (exact) mass is 281 g/mol. The Morgan fingerprint density at radius 1 is 1.37 bits per heavy atom. The lowest BCUT2D eigenvalue weighted by Gasteiger charge is -1.98. The van der Waals surface area contributed by atoms with Crippen LogP contribution in [0, 0.1) is 17.0 Å². The van der Waals surface area contributed by atoms with Crippen molar-refractivity contribution < 1.29 is 9.34 Å². The van der Waals surface area contributed by atoms with Crippen molar-refractivity contribution in [1.29, 1.82) is 0 Å². The van der Waals surface area contributed by atoms with Gasteiger partial charge in [0.15, 0.2) is 0 Å². The van der Waals surface area contributed by atoms with Crippen LogP contribution in [0.1, 0.15) is 17.9 Å². The lowest BCUT2D eigenvalue weighted by atomic mass is 10.1. The Morgan fingerprint density at radius 3 is 2.84 bits per heavy atom. The van der Waals surface area contributed by atoms with Gasteiger partial charge in [0.2, 0.25) is 11.8 Å². The van der Waals surface area contributed by atoms with Gasteiger partial charge >= 0.3 is 0 Å². The second-order valence-corrected chi connectivity index (χ2v) is 4.49. The first-order valence-electron chi connectivity index (χ1n) is 5.75. The van der Waals surface area contributed by atoms with Crippen molar-refractivity contribution in [2.24, 2.45) is 0 Å². The Morgan fingerprint density at radius 2 is 2.16 bits per heavy atom. The van der Waals surface area contributed by atoms with Crippen LogP contribution in [0.5, 0.6) is 0 Å². The molecule has 1 aromatic carbocycles. The first-order valence-corrected chi connectivity index (χ1v) is 6.28. The highest BCUT2D eigenvalue weighted by molar-refractivity contribution is 6.17. The van der Waals surface area contributed by atoms with E-state index < -0.39 is 4.92 Å². The molecule has 0 saturated heterocycles. The van der Waals surface area contributed by atoms with E-state index in [9.17, 15) is 10.1 Å². The van der Waals surface area contributed by atoms with E-state index in [0.717, 1.165) is 12.0 Å². The maximum absolute atomic E-state index is 10.8. The quantitative estimate of drug-likeness (QED) is 0.478. The normalized spacial score (nSPS) is 10.6. The molecule has 0 aliphatic rings. The molecule has 0 fully saturated rings. The van der Waals surface area contributed by atoms with E-state index in [2.05, 4.69) is 10.2 Å². The SMILES string of the molecule is Cc1cc(-c2nnc(CCCCl)o2)cc([N+](=O)[O-])c1. The highest BCUT2D eigenvalue weighted by Gasteiger charge is 2.14. The molecule has 0 atom stereocenters. The minimum absolute atomic E-state index is 0.00973. The van der Waals surface area contributed by atoms with E-state index in [1.807, 2.05) is 0 Å². The summed E-state index contributed by atoms with van der Waals surface area (Å²) in [6.07, 6.45) is 1.35. The average molecular weight is 282 g/mol. The summed E-state index contributed by atoms with van der Waals surface area (Å²) in [6, 6.07) is 4.69. The second kappa shape index (κ2) is 5.79. The first-order chi connectivity index (χ1) is 9.10. The van der Waals surface area contributed by atoms with Crippen LogP contribution in [-0.4, -0.2) is 21.0 Å². The van der Waals surface area contributed by atoms with E-state index in [0.29, 0.717) is 23.8 Å². The van der Waals surface area contributed by atoms with Gasteiger partial charge in [0, 0.05) is 30.0 Å². The van der Waals surface area contributed by atoms with Gasteiger partial charge in [-0.25, -0.2) is 0 Å². The van der Waals surface area contributed by atoms with Gasteiger partial charge in [0.1, 0.15) is 0 Å². The molecular weight excluding hydrogens is 270 g/mol. The molecule has 0 bridgehead atoms. The molecule has 0 spiro atoms. The van der Waals surface area contributed by atoms with Gasteiger partial charge in [0.25, 0.3) is 5.69 Å². The molecule has 0 amide bonds. The number of halogens is 1. The predicted octanol–water partition coefficient (Wildman–Crippen LogP) is 3.12. The summed E-state index contributed by atoms with van der Waals surface area (Å²) in [7, 11) is 0. The summed E-state index contributed by atoms with van der Waals surface area (Å²) >= 11 is 5.59. The zero-order chi connectivity index (χ0) is 13.8. The summed E-state index contributed by atoms with van der Waals surface area (Å²) in [4.78, 5) is 10.4. The number of aromatic nitrogens is 2. The summed E-state index contributed by atoms with van der Waals surface area (Å²) < 4.78 is 5.46. The summed E-state index contributed by atoms with van der Waals surface area (Å²) in [6.45, 7) is 1.78. The van der Waals surface area contributed by atoms with E-state index in [4.69, 9.17) is 16.0 Å².